The zero-order chi connectivity index (χ0) is 29.2. The highest BCUT2D eigenvalue weighted by Crippen LogP contribution is 2.68. The lowest BCUT2D eigenvalue weighted by atomic mass is 9.44. The van der Waals surface area contributed by atoms with E-state index < -0.39 is 0 Å². The smallest absolute Gasteiger partial charge is 0.142 e. The maximum Gasteiger partial charge on any atom is 0.142 e. The Balaban J connectivity index is 1.07. The second-order valence-corrected chi connectivity index (χ2v) is 15.8. The summed E-state index contributed by atoms with van der Waals surface area (Å²) in [5.41, 5.74) is 14.2. The van der Waals surface area contributed by atoms with Gasteiger partial charge < -0.3 is 20.9 Å². The van der Waals surface area contributed by atoms with Crippen molar-refractivity contribution in [1.29, 1.82) is 0 Å². The lowest BCUT2D eigenvalue weighted by Gasteiger charge is -2.61. The predicted molar refractivity (Wildman–Crippen MR) is 173 cm³/mol. The SMILES string of the molecule is CC(C)CCCC(C)C1CCC2C3CCC4CC(OCCCCOc5ccc(N)cc5N)CCC4(C)C3CCC12C. The maximum atomic E-state index is 6.48. The summed E-state index contributed by atoms with van der Waals surface area (Å²) in [5, 5.41) is 0. The molecule has 4 saturated carbocycles. The number of benzene rings is 1. The minimum atomic E-state index is 0.453. The van der Waals surface area contributed by atoms with E-state index in [0.717, 1.165) is 66.6 Å². The van der Waals surface area contributed by atoms with Gasteiger partial charge in [0.15, 0.2) is 0 Å². The Morgan fingerprint density at radius 1 is 0.829 bits per heavy atom. The molecule has 1 aromatic carbocycles. The van der Waals surface area contributed by atoms with Crippen LogP contribution in [0.25, 0.3) is 0 Å². The summed E-state index contributed by atoms with van der Waals surface area (Å²) in [5.74, 6) is 7.22. The third kappa shape index (κ3) is 6.58. The average Bonchev–Trinajstić information content (AvgIpc) is 3.28. The average molecular weight is 567 g/mol. The van der Waals surface area contributed by atoms with Gasteiger partial charge in [-0.3, -0.25) is 0 Å². The van der Waals surface area contributed by atoms with Gasteiger partial charge in [0.2, 0.25) is 0 Å². The first-order valence-electron chi connectivity index (χ1n) is 17.5. The van der Waals surface area contributed by atoms with Gasteiger partial charge in [0.05, 0.1) is 18.4 Å². The molecule has 4 heteroatoms. The van der Waals surface area contributed by atoms with Crippen LogP contribution < -0.4 is 16.2 Å². The van der Waals surface area contributed by atoms with E-state index in [2.05, 4.69) is 34.6 Å². The fourth-order valence-electron chi connectivity index (χ4n) is 10.7. The molecule has 0 aromatic heterocycles. The third-order valence-corrected chi connectivity index (χ3v) is 13.0. The monoisotopic (exact) mass is 566 g/mol. The van der Waals surface area contributed by atoms with Crippen molar-refractivity contribution in [3.8, 4) is 5.75 Å². The van der Waals surface area contributed by atoms with Crippen LogP contribution in [0.2, 0.25) is 0 Å². The topological polar surface area (TPSA) is 70.5 Å². The molecule has 0 spiro atoms. The molecule has 9 atom stereocenters. The van der Waals surface area contributed by atoms with Gasteiger partial charge in [-0.15, -0.1) is 0 Å². The normalized spacial score (nSPS) is 37.3. The van der Waals surface area contributed by atoms with Crippen molar-refractivity contribution in [2.24, 2.45) is 52.3 Å². The molecular formula is C37H62N2O2. The van der Waals surface area contributed by atoms with Crippen LogP contribution in [0.5, 0.6) is 5.75 Å². The zero-order valence-electron chi connectivity index (χ0n) is 27.1. The van der Waals surface area contributed by atoms with Crippen LogP contribution in [-0.2, 0) is 4.74 Å². The Bertz CT molecular complexity index is 995. The summed E-state index contributed by atoms with van der Waals surface area (Å²) >= 11 is 0. The number of rotatable bonds is 12. The van der Waals surface area contributed by atoms with Gasteiger partial charge in [-0.1, -0.05) is 53.9 Å². The van der Waals surface area contributed by atoms with Crippen molar-refractivity contribution in [3.05, 3.63) is 18.2 Å². The van der Waals surface area contributed by atoms with E-state index >= 15 is 0 Å². The van der Waals surface area contributed by atoms with Crippen LogP contribution in [0.1, 0.15) is 125 Å². The second-order valence-electron chi connectivity index (χ2n) is 15.8. The number of fused-ring (bicyclic) bond motifs is 5. The fraction of sp³-hybridized carbons (Fsp3) is 0.838. The van der Waals surface area contributed by atoms with E-state index in [9.17, 15) is 0 Å². The standard InChI is InChI=1S/C37H62N2O2/c1-25(2)9-8-10-26(3)31-14-15-32-30-13-11-27-23-29(17-19-36(27,4)33(30)18-20-37(31,32)5)40-21-6-7-22-41-35-16-12-28(38)24-34(35)39/h12,16,24-27,29-33H,6-11,13-15,17-23,38-39H2,1-5H3. The molecule has 4 N–H and O–H groups in total. The summed E-state index contributed by atoms with van der Waals surface area (Å²) in [6.07, 6.45) is 19.6. The summed E-state index contributed by atoms with van der Waals surface area (Å²) in [4.78, 5) is 0. The first kappa shape index (κ1) is 31.0. The first-order valence-corrected chi connectivity index (χ1v) is 17.5. The van der Waals surface area contributed by atoms with Crippen LogP contribution in [0.4, 0.5) is 11.4 Å². The predicted octanol–water partition coefficient (Wildman–Crippen LogP) is 9.52. The quantitative estimate of drug-likeness (QED) is 0.195. The molecule has 9 unspecified atom stereocenters. The van der Waals surface area contributed by atoms with Crippen LogP contribution in [0, 0.1) is 52.3 Å². The van der Waals surface area contributed by atoms with Crippen LogP contribution >= 0.6 is 0 Å². The van der Waals surface area contributed by atoms with Crippen molar-refractivity contribution < 1.29 is 9.47 Å². The van der Waals surface area contributed by atoms with Gasteiger partial charge in [-0.25, -0.2) is 0 Å². The Hall–Kier alpha value is -1.42. The number of nitrogen functional groups attached to an aromatic ring is 2. The van der Waals surface area contributed by atoms with Gasteiger partial charge in [-0.05, 0) is 141 Å². The Labute approximate surface area is 252 Å². The highest BCUT2D eigenvalue weighted by Gasteiger charge is 2.60. The Kier molecular flexibility index (Phi) is 9.88. The van der Waals surface area contributed by atoms with E-state index in [1.165, 1.54) is 77.0 Å². The fourth-order valence-corrected chi connectivity index (χ4v) is 10.7. The zero-order valence-corrected chi connectivity index (χ0v) is 27.1. The number of ether oxygens (including phenoxy) is 2. The molecule has 41 heavy (non-hydrogen) atoms. The summed E-state index contributed by atoms with van der Waals surface area (Å²) in [6.45, 7) is 14.3. The highest BCUT2D eigenvalue weighted by molar-refractivity contribution is 5.60. The minimum absolute atomic E-state index is 0.453. The van der Waals surface area contributed by atoms with Crippen molar-refractivity contribution >= 4 is 11.4 Å². The first-order chi connectivity index (χ1) is 19.6. The molecule has 232 valence electrons. The molecule has 4 aliphatic rings. The van der Waals surface area contributed by atoms with Crippen molar-refractivity contribution in [2.75, 3.05) is 24.7 Å². The van der Waals surface area contributed by atoms with Gasteiger partial charge >= 0.3 is 0 Å². The molecule has 4 aliphatic carbocycles. The molecule has 0 radical (unpaired) electrons. The van der Waals surface area contributed by atoms with Crippen molar-refractivity contribution in [3.63, 3.8) is 0 Å². The lowest BCUT2D eigenvalue weighted by molar-refractivity contribution is -0.137. The van der Waals surface area contributed by atoms with E-state index in [4.69, 9.17) is 20.9 Å². The van der Waals surface area contributed by atoms with Crippen LogP contribution in [-0.4, -0.2) is 19.3 Å². The Morgan fingerprint density at radius 2 is 1.59 bits per heavy atom. The van der Waals surface area contributed by atoms with Gasteiger partial charge in [0.25, 0.3) is 0 Å². The maximum absolute atomic E-state index is 6.48. The van der Waals surface area contributed by atoms with Crippen LogP contribution in [0.3, 0.4) is 0 Å². The summed E-state index contributed by atoms with van der Waals surface area (Å²) in [7, 11) is 0. The number of hydrogen-bond donors (Lipinski definition) is 2. The molecule has 5 rings (SSSR count). The van der Waals surface area contributed by atoms with E-state index in [1.807, 2.05) is 12.1 Å². The molecule has 0 saturated heterocycles. The summed E-state index contributed by atoms with van der Waals surface area (Å²) < 4.78 is 12.3. The molecule has 1 aromatic rings. The van der Waals surface area contributed by atoms with Gasteiger partial charge in [0, 0.05) is 12.3 Å². The minimum Gasteiger partial charge on any atom is -0.491 e. The molecule has 4 fully saturated rings. The molecular weight excluding hydrogens is 504 g/mol. The second kappa shape index (κ2) is 13.1. The Morgan fingerprint density at radius 3 is 2.37 bits per heavy atom. The number of anilines is 2. The van der Waals surface area contributed by atoms with E-state index in [-0.39, 0.29) is 0 Å². The molecule has 4 nitrogen and oxygen atoms in total. The number of nitrogens with two attached hydrogens (primary N) is 2. The highest BCUT2D eigenvalue weighted by atomic mass is 16.5. The molecule has 0 bridgehead atoms. The summed E-state index contributed by atoms with van der Waals surface area (Å²) in [6, 6.07) is 5.46. The van der Waals surface area contributed by atoms with Crippen molar-refractivity contribution in [2.45, 2.75) is 131 Å². The third-order valence-electron chi connectivity index (χ3n) is 13.0. The molecule has 0 aliphatic heterocycles. The molecule has 0 amide bonds. The molecule has 0 heterocycles. The van der Waals surface area contributed by atoms with Gasteiger partial charge in [0.1, 0.15) is 5.75 Å². The largest absolute Gasteiger partial charge is 0.491 e. The van der Waals surface area contributed by atoms with Gasteiger partial charge in [-0.2, -0.15) is 0 Å². The van der Waals surface area contributed by atoms with E-state index in [1.54, 1.807) is 6.07 Å². The number of hydrogen-bond acceptors (Lipinski definition) is 4. The number of unbranched alkanes of at least 4 members (excludes halogenated alkanes) is 1. The van der Waals surface area contributed by atoms with Crippen LogP contribution in [0.15, 0.2) is 18.2 Å². The van der Waals surface area contributed by atoms with E-state index in [0.29, 0.717) is 34.9 Å². The lowest BCUT2D eigenvalue weighted by Crippen LogP contribution is -2.54. The van der Waals surface area contributed by atoms with Crippen molar-refractivity contribution in [1.82, 2.24) is 0 Å².